The average Bonchev–Trinajstić information content (AvgIpc) is 2.84. The van der Waals surface area contributed by atoms with E-state index in [-0.39, 0.29) is 36.3 Å². The molecule has 202 valence electrons. The quantitative estimate of drug-likeness (QED) is 0.184. The number of hydrogen-bond donors (Lipinski definition) is 4. The largest absolute Gasteiger partial charge is 0.504 e. The third-order valence-corrected chi connectivity index (χ3v) is 6.91. The minimum Gasteiger partial charge on any atom is -0.504 e. The number of aromatic carboxylic acids is 1. The number of carboxylic acids is 1. The van der Waals surface area contributed by atoms with Gasteiger partial charge in [0.25, 0.3) is 0 Å². The maximum atomic E-state index is 10.9. The van der Waals surface area contributed by atoms with Crippen LogP contribution >= 0.6 is 24.8 Å². The summed E-state index contributed by atoms with van der Waals surface area (Å²) in [5.74, 6) is -0.817. The van der Waals surface area contributed by atoms with E-state index in [1.165, 1.54) is 31.2 Å². The summed E-state index contributed by atoms with van der Waals surface area (Å²) in [5.41, 5.74) is 3.60. The van der Waals surface area contributed by atoms with Gasteiger partial charge in [0.1, 0.15) is 0 Å². The zero-order valence-electron chi connectivity index (χ0n) is 21.2. The first-order valence-corrected chi connectivity index (χ1v) is 12.8. The summed E-state index contributed by atoms with van der Waals surface area (Å²) in [4.78, 5) is 13.5. The van der Waals surface area contributed by atoms with Gasteiger partial charge in [0, 0.05) is 11.6 Å². The zero-order valence-corrected chi connectivity index (χ0v) is 22.9. The molecule has 1 aliphatic carbocycles. The van der Waals surface area contributed by atoms with Gasteiger partial charge in [0.2, 0.25) is 0 Å². The number of nitrogens with one attached hydrogen (secondary N) is 1. The van der Waals surface area contributed by atoms with Gasteiger partial charge >= 0.3 is 5.97 Å². The zero-order chi connectivity index (χ0) is 24.3. The Hall–Kier alpha value is -1.99. The molecule has 0 unspecified atom stereocenters. The van der Waals surface area contributed by atoms with Gasteiger partial charge in [-0.1, -0.05) is 38.0 Å². The van der Waals surface area contributed by atoms with Crippen LogP contribution in [0.25, 0.3) is 0 Å². The molecule has 2 aromatic carbocycles. The fraction of sp³-hybridized carbons (Fsp3) is 0.536. The van der Waals surface area contributed by atoms with E-state index in [2.05, 4.69) is 17.1 Å². The number of unbranched alkanes of at least 4 members (excludes halogenated alkanes) is 3. The third-order valence-electron chi connectivity index (χ3n) is 6.91. The van der Waals surface area contributed by atoms with Gasteiger partial charge in [-0.3, -0.25) is 0 Å². The normalized spacial score (nSPS) is 14.6. The standard InChI is InChI=1S/C28H40N2O4.2ClH/c1-2-18-30(24-12-13-25-23(20-24)11-14-26(31)27(25)32)19-6-4-3-5-16-29-17-15-21-7-9-22(10-8-21)28(33)34;;/h7-11,14,24,29,31-32H,2-6,12-13,15-20H2,1H3,(H,33,34);2*1H/t24-;;/m0../s1. The monoisotopic (exact) mass is 540 g/mol. The van der Waals surface area contributed by atoms with Gasteiger partial charge < -0.3 is 25.5 Å². The van der Waals surface area contributed by atoms with Crippen molar-refractivity contribution < 1.29 is 20.1 Å². The second kappa shape index (κ2) is 16.7. The molecular formula is C28H42Cl2N2O4. The maximum absolute atomic E-state index is 10.9. The van der Waals surface area contributed by atoms with E-state index in [1.807, 2.05) is 18.2 Å². The minimum absolute atomic E-state index is 0. The molecule has 0 spiro atoms. The number of phenols is 2. The predicted octanol–water partition coefficient (Wildman–Crippen LogP) is 5.60. The van der Waals surface area contributed by atoms with Crippen molar-refractivity contribution in [2.45, 2.75) is 70.8 Å². The lowest BCUT2D eigenvalue weighted by Crippen LogP contribution is -2.40. The number of fused-ring (bicyclic) bond motifs is 1. The van der Waals surface area contributed by atoms with Crippen LogP contribution in [0.15, 0.2) is 36.4 Å². The summed E-state index contributed by atoms with van der Waals surface area (Å²) < 4.78 is 0. The molecule has 0 aromatic heterocycles. The molecule has 0 aliphatic heterocycles. The molecule has 36 heavy (non-hydrogen) atoms. The Kier molecular flexibility index (Phi) is 14.9. The van der Waals surface area contributed by atoms with Gasteiger partial charge in [0.15, 0.2) is 11.5 Å². The van der Waals surface area contributed by atoms with Crippen molar-refractivity contribution in [1.82, 2.24) is 10.2 Å². The molecule has 3 rings (SSSR count). The summed E-state index contributed by atoms with van der Waals surface area (Å²) in [6.45, 7) is 6.39. The first kappa shape index (κ1) is 32.0. The smallest absolute Gasteiger partial charge is 0.335 e. The Morgan fingerprint density at radius 1 is 0.972 bits per heavy atom. The van der Waals surface area contributed by atoms with Crippen molar-refractivity contribution >= 4 is 30.8 Å². The van der Waals surface area contributed by atoms with Gasteiger partial charge in [-0.25, -0.2) is 4.79 Å². The van der Waals surface area contributed by atoms with Crippen LogP contribution < -0.4 is 5.32 Å². The molecule has 4 N–H and O–H groups in total. The van der Waals surface area contributed by atoms with Crippen LogP contribution in [0, 0.1) is 0 Å². The Balaban J connectivity index is 0.00000324. The molecular weight excluding hydrogens is 499 g/mol. The number of carbonyl (C=O) groups is 1. The summed E-state index contributed by atoms with van der Waals surface area (Å²) in [7, 11) is 0. The van der Waals surface area contributed by atoms with Gasteiger partial charge in [-0.2, -0.15) is 0 Å². The van der Waals surface area contributed by atoms with E-state index in [1.54, 1.807) is 18.2 Å². The highest BCUT2D eigenvalue weighted by Crippen LogP contribution is 2.36. The number of rotatable bonds is 14. The third kappa shape index (κ3) is 9.47. The van der Waals surface area contributed by atoms with Gasteiger partial charge in [-0.05, 0) is 100 Å². The molecule has 0 heterocycles. The molecule has 1 aliphatic rings. The summed E-state index contributed by atoms with van der Waals surface area (Å²) in [6.07, 6.45) is 9.71. The Morgan fingerprint density at radius 2 is 1.69 bits per heavy atom. The molecule has 0 radical (unpaired) electrons. The van der Waals surface area contributed by atoms with Crippen LogP contribution in [0.4, 0.5) is 0 Å². The Bertz CT molecular complexity index is 925. The fourth-order valence-corrected chi connectivity index (χ4v) is 4.97. The maximum Gasteiger partial charge on any atom is 0.335 e. The summed E-state index contributed by atoms with van der Waals surface area (Å²) >= 11 is 0. The molecule has 0 amide bonds. The van der Waals surface area contributed by atoms with Crippen LogP contribution in [0.2, 0.25) is 0 Å². The number of carboxylic acid groups (broad SMARTS) is 1. The molecule has 6 nitrogen and oxygen atoms in total. The predicted molar refractivity (Wildman–Crippen MR) is 150 cm³/mol. The molecule has 0 bridgehead atoms. The van der Waals surface area contributed by atoms with Crippen LogP contribution in [0.5, 0.6) is 11.5 Å². The first-order chi connectivity index (χ1) is 16.5. The highest BCUT2D eigenvalue weighted by Gasteiger charge is 2.26. The number of benzene rings is 2. The van der Waals surface area contributed by atoms with Crippen molar-refractivity contribution in [3.63, 3.8) is 0 Å². The van der Waals surface area contributed by atoms with Crippen molar-refractivity contribution in [2.24, 2.45) is 0 Å². The van der Waals surface area contributed by atoms with E-state index in [0.717, 1.165) is 69.4 Å². The lowest BCUT2D eigenvalue weighted by molar-refractivity contribution is 0.0697. The number of nitrogens with zero attached hydrogens (tertiary/aromatic N) is 1. The summed E-state index contributed by atoms with van der Waals surface area (Å²) in [5, 5.41) is 32.4. The first-order valence-electron chi connectivity index (χ1n) is 12.8. The molecule has 0 saturated heterocycles. The number of halogens is 2. The van der Waals surface area contributed by atoms with E-state index in [0.29, 0.717) is 11.6 Å². The summed E-state index contributed by atoms with van der Waals surface area (Å²) in [6, 6.07) is 11.2. The second-order valence-electron chi connectivity index (χ2n) is 9.42. The number of phenolic OH excluding ortho intramolecular Hbond substituents is 2. The van der Waals surface area contributed by atoms with Crippen molar-refractivity contribution in [3.8, 4) is 11.5 Å². The molecule has 1 atom stereocenters. The van der Waals surface area contributed by atoms with E-state index < -0.39 is 5.97 Å². The Morgan fingerprint density at radius 3 is 2.39 bits per heavy atom. The fourth-order valence-electron chi connectivity index (χ4n) is 4.97. The topological polar surface area (TPSA) is 93.0 Å². The van der Waals surface area contributed by atoms with Crippen molar-refractivity contribution in [2.75, 3.05) is 26.2 Å². The number of hydrogen-bond acceptors (Lipinski definition) is 5. The van der Waals surface area contributed by atoms with Gasteiger partial charge in [0.05, 0.1) is 5.56 Å². The molecule has 0 fully saturated rings. The van der Waals surface area contributed by atoms with E-state index >= 15 is 0 Å². The van der Waals surface area contributed by atoms with Crippen LogP contribution in [0.1, 0.15) is 72.5 Å². The highest BCUT2D eigenvalue weighted by molar-refractivity contribution is 5.87. The number of aromatic hydroxyl groups is 2. The van der Waals surface area contributed by atoms with Crippen LogP contribution in [-0.2, 0) is 19.3 Å². The van der Waals surface area contributed by atoms with E-state index in [9.17, 15) is 15.0 Å². The molecule has 0 saturated carbocycles. The highest BCUT2D eigenvalue weighted by atomic mass is 35.5. The minimum atomic E-state index is -0.881. The lowest BCUT2D eigenvalue weighted by atomic mass is 9.86. The van der Waals surface area contributed by atoms with Crippen molar-refractivity contribution in [3.05, 3.63) is 58.7 Å². The Labute approximate surface area is 227 Å². The molecule has 8 heteroatoms. The van der Waals surface area contributed by atoms with Crippen LogP contribution in [0.3, 0.4) is 0 Å². The molecule has 2 aromatic rings. The second-order valence-corrected chi connectivity index (χ2v) is 9.42. The van der Waals surface area contributed by atoms with Crippen LogP contribution in [-0.4, -0.2) is 58.4 Å². The van der Waals surface area contributed by atoms with Gasteiger partial charge in [-0.15, -0.1) is 24.8 Å². The lowest BCUT2D eigenvalue weighted by Gasteiger charge is -2.35. The SMILES string of the molecule is CCCN(CCCCCCNCCc1ccc(C(=O)O)cc1)[C@H]1CCc2c(ccc(O)c2O)C1.Cl.Cl. The van der Waals surface area contributed by atoms with Crippen molar-refractivity contribution in [1.29, 1.82) is 0 Å². The van der Waals surface area contributed by atoms with E-state index in [4.69, 9.17) is 5.11 Å². The average molecular weight is 542 g/mol.